The van der Waals surface area contributed by atoms with Crippen LogP contribution >= 0.6 is 22.9 Å². The zero-order valence-electron chi connectivity index (χ0n) is 19.5. The van der Waals surface area contributed by atoms with E-state index in [2.05, 4.69) is 19.9 Å². The SMILES string of the molecule is Cc1nc(COc2nc(C)n(-c3cccc(-c4nc(C(C)(C)O)ncc4C)c3)c(=O)c2Cl)cs1. The molecule has 0 bridgehead atoms. The quantitative estimate of drug-likeness (QED) is 0.417. The van der Waals surface area contributed by atoms with Gasteiger partial charge in [-0.2, -0.15) is 4.98 Å². The number of hydrogen-bond donors (Lipinski definition) is 1. The third-order valence-electron chi connectivity index (χ3n) is 5.09. The second kappa shape index (κ2) is 9.25. The number of aromatic nitrogens is 5. The van der Waals surface area contributed by atoms with E-state index in [-0.39, 0.29) is 17.5 Å². The van der Waals surface area contributed by atoms with Gasteiger partial charge in [-0.3, -0.25) is 9.36 Å². The van der Waals surface area contributed by atoms with Crippen molar-refractivity contribution in [1.82, 2.24) is 24.5 Å². The van der Waals surface area contributed by atoms with Gasteiger partial charge in [-0.15, -0.1) is 11.3 Å². The standard InChI is InChI=1S/C24H24ClN5O3S/c1-13-10-26-23(24(4,5)32)29-20(13)16-7-6-8-18(9-16)30-14(2)27-21(19(25)22(30)31)33-11-17-12-34-15(3)28-17/h6-10,12,32H,11H2,1-5H3. The third-order valence-corrected chi connectivity index (χ3v) is 6.23. The van der Waals surface area contributed by atoms with Crippen LogP contribution in [0.2, 0.25) is 5.02 Å². The van der Waals surface area contributed by atoms with Crippen molar-refractivity contribution in [3.8, 4) is 22.8 Å². The Hall–Kier alpha value is -3.14. The lowest BCUT2D eigenvalue weighted by atomic mass is 10.0. The predicted molar refractivity (Wildman–Crippen MR) is 132 cm³/mol. The molecule has 8 nitrogen and oxygen atoms in total. The maximum Gasteiger partial charge on any atom is 0.280 e. The average molecular weight is 498 g/mol. The van der Waals surface area contributed by atoms with E-state index >= 15 is 0 Å². The van der Waals surface area contributed by atoms with E-state index in [0.29, 0.717) is 23.0 Å². The summed E-state index contributed by atoms with van der Waals surface area (Å²) in [5.41, 5.74) is 1.98. The van der Waals surface area contributed by atoms with Gasteiger partial charge < -0.3 is 9.84 Å². The average Bonchev–Trinajstić information content (AvgIpc) is 3.20. The van der Waals surface area contributed by atoms with Crippen molar-refractivity contribution < 1.29 is 9.84 Å². The Bertz CT molecular complexity index is 1430. The van der Waals surface area contributed by atoms with Crippen LogP contribution in [0.25, 0.3) is 16.9 Å². The number of rotatable bonds is 6. The number of aryl methyl sites for hydroxylation is 3. The van der Waals surface area contributed by atoms with Crippen LogP contribution < -0.4 is 10.3 Å². The van der Waals surface area contributed by atoms with Crippen LogP contribution in [0, 0.1) is 20.8 Å². The molecule has 4 aromatic rings. The zero-order valence-corrected chi connectivity index (χ0v) is 21.0. The van der Waals surface area contributed by atoms with E-state index in [1.165, 1.54) is 15.9 Å². The van der Waals surface area contributed by atoms with Crippen molar-refractivity contribution in [2.24, 2.45) is 0 Å². The van der Waals surface area contributed by atoms with E-state index in [4.69, 9.17) is 16.3 Å². The largest absolute Gasteiger partial charge is 0.470 e. The van der Waals surface area contributed by atoms with Gasteiger partial charge in [-0.1, -0.05) is 23.7 Å². The van der Waals surface area contributed by atoms with E-state index in [0.717, 1.165) is 21.8 Å². The van der Waals surface area contributed by atoms with Gasteiger partial charge in [0.2, 0.25) is 5.88 Å². The van der Waals surface area contributed by atoms with Crippen molar-refractivity contribution in [3.05, 3.63) is 79.1 Å². The summed E-state index contributed by atoms with van der Waals surface area (Å²) in [5, 5.41) is 13.0. The van der Waals surface area contributed by atoms with Crippen LogP contribution in [0.5, 0.6) is 5.88 Å². The molecule has 0 radical (unpaired) electrons. The Kier molecular flexibility index (Phi) is 6.53. The van der Waals surface area contributed by atoms with Crippen LogP contribution in [0.4, 0.5) is 0 Å². The molecule has 0 saturated carbocycles. The zero-order chi connectivity index (χ0) is 24.6. The topological polar surface area (TPSA) is 103 Å². The number of thiazole rings is 1. The third kappa shape index (κ3) is 4.86. The molecule has 0 spiro atoms. The summed E-state index contributed by atoms with van der Waals surface area (Å²) in [6.45, 7) is 8.95. The molecular formula is C24H24ClN5O3S. The molecular weight excluding hydrogens is 474 g/mol. The van der Waals surface area contributed by atoms with Gasteiger partial charge in [-0.25, -0.2) is 15.0 Å². The number of benzene rings is 1. The summed E-state index contributed by atoms with van der Waals surface area (Å²) in [6, 6.07) is 7.33. The first-order chi connectivity index (χ1) is 16.0. The van der Waals surface area contributed by atoms with E-state index < -0.39 is 11.2 Å². The highest BCUT2D eigenvalue weighted by Gasteiger charge is 2.22. The number of nitrogens with zero attached hydrogens (tertiary/aromatic N) is 5. The lowest BCUT2D eigenvalue weighted by Crippen LogP contribution is -2.23. The molecule has 0 aliphatic heterocycles. The molecule has 4 rings (SSSR count). The highest BCUT2D eigenvalue weighted by molar-refractivity contribution is 7.09. The Morgan fingerprint density at radius 2 is 1.94 bits per heavy atom. The maximum absolute atomic E-state index is 13.2. The lowest BCUT2D eigenvalue weighted by Gasteiger charge is -2.17. The Morgan fingerprint density at radius 1 is 1.18 bits per heavy atom. The first-order valence-corrected chi connectivity index (χ1v) is 11.8. The van der Waals surface area contributed by atoms with Gasteiger partial charge in [0, 0.05) is 17.1 Å². The normalized spacial score (nSPS) is 11.6. The van der Waals surface area contributed by atoms with Gasteiger partial charge in [0.05, 0.1) is 22.1 Å². The molecule has 0 unspecified atom stereocenters. The number of hydrogen-bond acceptors (Lipinski definition) is 8. The minimum atomic E-state index is -1.18. The lowest BCUT2D eigenvalue weighted by molar-refractivity contribution is 0.0688. The highest BCUT2D eigenvalue weighted by Crippen LogP contribution is 2.27. The monoisotopic (exact) mass is 497 g/mol. The summed E-state index contributed by atoms with van der Waals surface area (Å²) < 4.78 is 7.12. The molecule has 3 heterocycles. The second-order valence-electron chi connectivity index (χ2n) is 8.40. The summed E-state index contributed by atoms with van der Waals surface area (Å²) in [6.07, 6.45) is 1.67. The van der Waals surface area contributed by atoms with Crippen molar-refractivity contribution in [3.63, 3.8) is 0 Å². The first kappa shape index (κ1) is 24.0. The number of aliphatic hydroxyl groups is 1. The van der Waals surface area contributed by atoms with Crippen LogP contribution in [0.15, 0.2) is 40.6 Å². The fourth-order valence-electron chi connectivity index (χ4n) is 3.42. The molecule has 0 saturated heterocycles. The molecule has 0 aliphatic carbocycles. The molecule has 0 amide bonds. The van der Waals surface area contributed by atoms with Gasteiger partial charge >= 0.3 is 0 Å². The maximum atomic E-state index is 13.2. The number of ether oxygens (including phenoxy) is 1. The van der Waals surface area contributed by atoms with E-state index in [9.17, 15) is 9.90 Å². The van der Waals surface area contributed by atoms with Crippen molar-refractivity contribution in [2.75, 3.05) is 0 Å². The Morgan fingerprint density at radius 3 is 2.62 bits per heavy atom. The van der Waals surface area contributed by atoms with Gasteiger partial charge in [0.15, 0.2) is 10.8 Å². The highest BCUT2D eigenvalue weighted by atomic mass is 35.5. The van der Waals surface area contributed by atoms with Gasteiger partial charge in [-0.05, 0) is 52.3 Å². The molecule has 1 aromatic carbocycles. The minimum Gasteiger partial charge on any atom is -0.470 e. The van der Waals surface area contributed by atoms with Crippen molar-refractivity contribution in [2.45, 2.75) is 46.8 Å². The molecule has 0 atom stereocenters. The molecule has 0 aliphatic rings. The summed E-state index contributed by atoms with van der Waals surface area (Å²) in [4.78, 5) is 30.7. The summed E-state index contributed by atoms with van der Waals surface area (Å²) >= 11 is 7.88. The Labute approximate surface area is 205 Å². The molecule has 10 heteroatoms. The minimum absolute atomic E-state index is 0.0729. The smallest absolute Gasteiger partial charge is 0.280 e. The molecule has 0 fully saturated rings. The molecule has 34 heavy (non-hydrogen) atoms. The summed E-state index contributed by atoms with van der Waals surface area (Å²) in [7, 11) is 0. The molecule has 3 aromatic heterocycles. The van der Waals surface area contributed by atoms with E-state index in [1.807, 2.05) is 37.4 Å². The fraction of sp³-hybridized carbons (Fsp3) is 0.292. The first-order valence-electron chi connectivity index (χ1n) is 10.5. The number of halogens is 1. The fourth-order valence-corrected chi connectivity index (χ4v) is 4.20. The van der Waals surface area contributed by atoms with Crippen LogP contribution in [-0.4, -0.2) is 29.6 Å². The van der Waals surface area contributed by atoms with Gasteiger partial charge in [0.25, 0.3) is 5.56 Å². The van der Waals surface area contributed by atoms with Gasteiger partial charge in [0.1, 0.15) is 18.0 Å². The van der Waals surface area contributed by atoms with Crippen molar-refractivity contribution >= 4 is 22.9 Å². The van der Waals surface area contributed by atoms with Crippen molar-refractivity contribution in [1.29, 1.82) is 0 Å². The van der Waals surface area contributed by atoms with Crippen LogP contribution in [0.1, 0.15) is 41.8 Å². The molecule has 1 N–H and O–H groups in total. The van der Waals surface area contributed by atoms with Crippen LogP contribution in [-0.2, 0) is 12.2 Å². The second-order valence-corrected chi connectivity index (χ2v) is 9.84. The van der Waals surface area contributed by atoms with Crippen LogP contribution in [0.3, 0.4) is 0 Å². The predicted octanol–water partition coefficient (Wildman–Crippen LogP) is 4.53. The summed E-state index contributed by atoms with van der Waals surface area (Å²) in [5.74, 6) is 0.810. The van der Waals surface area contributed by atoms with E-state index in [1.54, 1.807) is 33.0 Å². The Balaban J connectivity index is 1.72. The molecule has 176 valence electrons.